The van der Waals surface area contributed by atoms with Gasteiger partial charge in [0.15, 0.2) is 17.3 Å². The Kier molecular flexibility index (Phi) is 6.53. The number of piperazine rings is 1. The van der Waals surface area contributed by atoms with Crippen molar-refractivity contribution in [2.75, 3.05) is 55.9 Å². The van der Waals surface area contributed by atoms with E-state index in [1.165, 1.54) is 4.57 Å². The molecule has 0 amide bonds. The summed E-state index contributed by atoms with van der Waals surface area (Å²) in [5.41, 5.74) is 2.45. The van der Waals surface area contributed by atoms with E-state index in [0.29, 0.717) is 39.4 Å². The maximum Gasteiger partial charge on any atom is 0.266 e. The van der Waals surface area contributed by atoms with Crippen molar-refractivity contribution in [3.05, 3.63) is 70.4 Å². The first-order valence-electron chi connectivity index (χ1n) is 11.4. The highest BCUT2D eigenvalue weighted by atomic mass is 35.5. The van der Waals surface area contributed by atoms with E-state index in [1.54, 1.807) is 44.7 Å². The third-order valence-electron chi connectivity index (χ3n) is 6.13. The van der Waals surface area contributed by atoms with Crippen molar-refractivity contribution < 1.29 is 14.3 Å². The summed E-state index contributed by atoms with van der Waals surface area (Å²) >= 11 is 6.01. The number of carbonyl (C=O) groups is 1. The predicted molar refractivity (Wildman–Crippen MR) is 139 cm³/mol. The van der Waals surface area contributed by atoms with E-state index in [9.17, 15) is 4.79 Å². The van der Waals surface area contributed by atoms with Crippen molar-refractivity contribution in [2.24, 2.45) is 0 Å². The largest absolute Gasteiger partial charge is 0.493 e. The van der Waals surface area contributed by atoms with Crippen LogP contribution >= 0.6 is 11.6 Å². The van der Waals surface area contributed by atoms with Crippen molar-refractivity contribution >= 4 is 40.5 Å². The van der Waals surface area contributed by atoms with Crippen molar-refractivity contribution in [2.45, 2.75) is 0 Å². The molecule has 0 saturated carbocycles. The number of halogens is 1. The van der Waals surface area contributed by atoms with Crippen LogP contribution in [0.5, 0.6) is 11.5 Å². The van der Waals surface area contributed by atoms with Gasteiger partial charge in [-0.3, -0.25) is 10.2 Å². The number of anilines is 3. The smallest absolute Gasteiger partial charge is 0.266 e. The number of rotatable bonds is 5. The minimum absolute atomic E-state index is 0.167. The molecule has 1 aromatic heterocycles. The normalized spacial score (nSPS) is 14.8. The van der Waals surface area contributed by atoms with Crippen LogP contribution in [0.25, 0.3) is 5.70 Å². The first-order valence-corrected chi connectivity index (χ1v) is 11.8. The zero-order chi connectivity index (χ0) is 25.2. The molecule has 0 unspecified atom stereocenters. The number of benzene rings is 2. The standard InChI is InChI=1S/C25H26ClN7O3/c1-35-19-8-5-16(13-20(19)36-2)18-14-29-22-21(30-18)23(32-11-9-28-10-12-32)31-25(27)33(22)24(34)15-3-6-17(26)7-4-15/h3-8,13-14,27-30H,9-12H2,1-2H3. The molecule has 5 rings (SSSR count). The van der Waals surface area contributed by atoms with E-state index in [2.05, 4.69) is 25.8 Å². The molecule has 186 valence electrons. The third-order valence-corrected chi connectivity index (χ3v) is 6.38. The summed E-state index contributed by atoms with van der Waals surface area (Å²) < 4.78 is 12.1. The number of aromatic nitrogens is 2. The molecule has 36 heavy (non-hydrogen) atoms. The third kappa shape index (κ3) is 4.36. The van der Waals surface area contributed by atoms with Crippen LogP contribution < -0.4 is 35.9 Å². The summed E-state index contributed by atoms with van der Waals surface area (Å²) in [6.45, 7) is 3.05. The molecule has 0 bridgehead atoms. The molecule has 0 aliphatic carbocycles. The number of fused-ring (bicyclic) bond motifs is 1. The van der Waals surface area contributed by atoms with Gasteiger partial charge < -0.3 is 30.3 Å². The molecule has 3 aromatic rings. The molecule has 0 radical (unpaired) electrons. The summed E-state index contributed by atoms with van der Waals surface area (Å²) in [4.78, 5) is 20.1. The van der Waals surface area contributed by atoms with Gasteiger partial charge in [-0.15, -0.1) is 0 Å². The maximum atomic E-state index is 13.5. The zero-order valence-electron chi connectivity index (χ0n) is 19.9. The Morgan fingerprint density at radius 1 is 1.06 bits per heavy atom. The molecular formula is C25H26ClN7O3. The molecule has 11 heteroatoms. The molecule has 0 atom stereocenters. The van der Waals surface area contributed by atoms with Gasteiger partial charge in [0.05, 0.1) is 19.9 Å². The van der Waals surface area contributed by atoms with Crippen LogP contribution in [0.2, 0.25) is 5.02 Å². The fraction of sp³-hybridized carbons (Fsp3) is 0.240. The number of nitrogens with one attached hydrogen (secondary N) is 4. The van der Waals surface area contributed by atoms with Crippen LogP contribution in [0, 0.1) is 5.41 Å². The van der Waals surface area contributed by atoms with Gasteiger partial charge in [0.1, 0.15) is 11.5 Å². The topological polar surface area (TPSA) is 117 Å². The summed E-state index contributed by atoms with van der Waals surface area (Å²) in [7, 11) is 3.18. The average molecular weight is 508 g/mol. The lowest BCUT2D eigenvalue weighted by Crippen LogP contribution is -2.45. The number of ether oxygens (including phenoxy) is 2. The minimum atomic E-state index is -0.385. The van der Waals surface area contributed by atoms with Gasteiger partial charge in [0.25, 0.3) is 5.91 Å². The highest BCUT2D eigenvalue weighted by Gasteiger charge is 2.28. The quantitative estimate of drug-likeness (QED) is 0.416. The molecule has 3 heterocycles. The van der Waals surface area contributed by atoms with Gasteiger partial charge in [-0.05, 0) is 42.5 Å². The SMILES string of the molecule is COc1ccc(C2=CNc3c(c(N4CCNCC4)nc(=N)n3C(=O)c3ccc(Cl)cc3)N2)cc1OC. The number of hydrogen-bond donors (Lipinski definition) is 4. The number of hydrogen-bond acceptors (Lipinski definition) is 9. The number of methoxy groups -OCH3 is 2. The Labute approximate surface area is 213 Å². The molecule has 4 N–H and O–H groups in total. The molecule has 1 saturated heterocycles. The van der Waals surface area contributed by atoms with E-state index in [4.69, 9.17) is 26.5 Å². The monoisotopic (exact) mass is 507 g/mol. The van der Waals surface area contributed by atoms with Gasteiger partial charge in [-0.1, -0.05) is 11.6 Å². The van der Waals surface area contributed by atoms with Crippen LogP contribution in [0.15, 0.2) is 48.7 Å². The Balaban J connectivity index is 1.61. The first-order chi connectivity index (χ1) is 17.5. The van der Waals surface area contributed by atoms with E-state index in [-0.39, 0.29) is 11.5 Å². The summed E-state index contributed by atoms with van der Waals surface area (Å²) in [5, 5.41) is 19.2. The summed E-state index contributed by atoms with van der Waals surface area (Å²) in [6.07, 6.45) is 1.76. The van der Waals surface area contributed by atoms with Crippen LogP contribution in [-0.4, -0.2) is 55.9 Å². The minimum Gasteiger partial charge on any atom is -0.493 e. The maximum absolute atomic E-state index is 13.5. The highest BCUT2D eigenvalue weighted by Crippen LogP contribution is 2.38. The van der Waals surface area contributed by atoms with Gasteiger partial charge >= 0.3 is 0 Å². The van der Waals surface area contributed by atoms with Gasteiger partial charge in [-0.2, -0.15) is 4.98 Å². The highest BCUT2D eigenvalue weighted by molar-refractivity contribution is 6.30. The number of carbonyl (C=O) groups excluding carboxylic acids is 1. The fourth-order valence-electron chi connectivity index (χ4n) is 4.28. The van der Waals surface area contributed by atoms with E-state index < -0.39 is 0 Å². The Bertz CT molecular complexity index is 1400. The van der Waals surface area contributed by atoms with E-state index in [1.807, 2.05) is 18.2 Å². The van der Waals surface area contributed by atoms with Gasteiger partial charge in [-0.25, -0.2) is 4.57 Å². The molecule has 10 nitrogen and oxygen atoms in total. The second kappa shape index (κ2) is 9.92. The zero-order valence-corrected chi connectivity index (χ0v) is 20.6. The summed E-state index contributed by atoms with van der Waals surface area (Å²) in [5.74, 6) is 1.88. The predicted octanol–water partition coefficient (Wildman–Crippen LogP) is 2.97. The lowest BCUT2D eigenvalue weighted by molar-refractivity contribution is 0.0955. The molecular weight excluding hydrogens is 482 g/mol. The van der Waals surface area contributed by atoms with Crippen LogP contribution in [0.1, 0.15) is 15.9 Å². The van der Waals surface area contributed by atoms with Crippen molar-refractivity contribution in [1.29, 1.82) is 5.41 Å². The molecule has 1 fully saturated rings. The Morgan fingerprint density at radius 3 is 2.47 bits per heavy atom. The average Bonchev–Trinajstić information content (AvgIpc) is 2.92. The first kappa shape index (κ1) is 23.7. The second-order valence-corrected chi connectivity index (χ2v) is 8.70. The van der Waals surface area contributed by atoms with Crippen LogP contribution in [0.4, 0.5) is 17.3 Å². The second-order valence-electron chi connectivity index (χ2n) is 8.26. The summed E-state index contributed by atoms with van der Waals surface area (Å²) in [6, 6.07) is 12.2. The van der Waals surface area contributed by atoms with Crippen LogP contribution in [-0.2, 0) is 0 Å². The Morgan fingerprint density at radius 2 is 1.78 bits per heavy atom. The molecule has 2 aromatic carbocycles. The molecule has 2 aliphatic heterocycles. The van der Waals surface area contributed by atoms with Crippen molar-refractivity contribution in [3.8, 4) is 11.5 Å². The lowest BCUT2D eigenvalue weighted by atomic mass is 10.1. The Hall–Kier alpha value is -4.02. The van der Waals surface area contributed by atoms with E-state index in [0.717, 1.165) is 37.4 Å². The van der Waals surface area contributed by atoms with Crippen LogP contribution in [0.3, 0.4) is 0 Å². The van der Waals surface area contributed by atoms with Crippen molar-refractivity contribution in [1.82, 2.24) is 14.9 Å². The number of nitrogens with zero attached hydrogens (tertiary/aromatic N) is 3. The van der Waals surface area contributed by atoms with E-state index >= 15 is 0 Å². The van der Waals surface area contributed by atoms with Crippen molar-refractivity contribution in [3.63, 3.8) is 0 Å². The fourth-order valence-corrected chi connectivity index (χ4v) is 4.40. The van der Waals surface area contributed by atoms with Gasteiger partial charge in [0, 0.05) is 48.5 Å². The molecule has 2 aliphatic rings. The lowest BCUT2D eigenvalue weighted by Gasteiger charge is -2.33. The van der Waals surface area contributed by atoms with Gasteiger partial charge in [0.2, 0.25) is 5.62 Å². The molecule has 0 spiro atoms.